The number of allylic oxidation sites excluding steroid dienone is 1. The third-order valence-electron chi connectivity index (χ3n) is 2.52. The van der Waals surface area contributed by atoms with E-state index < -0.39 is 0 Å². The number of alkyl halides is 1. The number of halogens is 1. The first kappa shape index (κ1) is 12.7. The van der Waals surface area contributed by atoms with E-state index in [-0.39, 0.29) is 5.63 Å². The topological polar surface area (TPSA) is 39.4 Å². The predicted molar refractivity (Wildman–Crippen MR) is 72.6 cm³/mol. The van der Waals surface area contributed by atoms with Crippen molar-refractivity contribution >= 4 is 22.6 Å². The molecule has 0 aliphatic carbocycles. The Morgan fingerprint density at radius 1 is 1.33 bits per heavy atom. The van der Waals surface area contributed by atoms with Crippen LogP contribution in [0.2, 0.25) is 0 Å². The van der Waals surface area contributed by atoms with Crippen LogP contribution in [0, 0.1) is 6.92 Å². The summed E-state index contributed by atoms with van der Waals surface area (Å²) in [6, 6.07) is 6.93. The molecule has 0 atom stereocenters. The summed E-state index contributed by atoms with van der Waals surface area (Å²) in [5.41, 5.74) is 1.09. The number of rotatable bonds is 4. The summed E-state index contributed by atoms with van der Waals surface area (Å²) in [4.78, 5) is 11.3. The van der Waals surface area contributed by atoms with Gasteiger partial charge in [0.1, 0.15) is 17.9 Å². The third kappa shape index (κ3) is 2.93. The van der Waals surface area contributed by atoms with E-state index in [1.807, 2.05) is 31.2 Å². The van der Waals surface area contributed by atoms with Crippen molar-refractivity contribution in [1.82, 2.24) is 0 Å². The molecule has 0 amide bonds. The number of aryl methyl sites for hydroxylation is 1. The molecule has 0 fully saturated rings. The van der Waals surface area contributed by atoms with E-state index in [0.717, 1.165) is 10.9 Å². The van der Waals surface area contributed by atoms with E-state index in [9.17, 15) is 4.79 Å². The van der Waals surface area contributed by atoms with Gasteiger partial charge >= 0.3 is 5.63 Å². The number of benzene rings is 1. The highest BCUT2D eigenvalue weighted by Gasteiger charge is 2.03. The van der Waals surface area contributed by atoms with Crippen molar-refractivity contribution in [2.45, 2.75) is 6.92 Å². The van der Waals surface area contributed by atoms with E-state index in [4.69, 9.17) is 20.8 Å². The maximum atomic E-state index is 11.3. The number of hydrogen-bond acceptors (Lipinski definition) is 3. The van der Waals surface area contributed by atoms with Crippen LogP contribution in [0.5, 0.6) is 5.75 Å². The Morgan fingerprint density at radius 3 is 2.94 bits per heavy atom. The summed E-state index contributed by atoms with van der Waals surface area (Å²) in [7, 11) is 0. The Hall–Kier alpha value is -1.74. The van der Waals surface area contributed by atoms with Gasteiger partial charge in [-0.15, -0.1) is 11.6 Å². The minimum Gasteiger partial charge on any atom is -0.489 e. The second-order valence-corrected chi connectivity index (χ2v) is 4.15. The van der Waals surface area contributed by atoms with E-state index in [2.05, 4.69) is 0 Å². The van der Waals surface area contributed by atoms with Crippen molar-refractivity contribution in [1.29, 1.82) is 0 Å². The first-order valence-electron chi connectivity index (χ1n) is 5.59. The maximum Gasteiger partial charge on any atom is 0.336 e. The Bertz CT molecular complexity index is 628. The molecule has 2 rings (SSSR count). The molecule has 0 saturated heterocycles. The molecule has 2 aromatic rings. The summed E-state index contributed by atoms with van der Waals surface area (Å²) in [6.45, 7) is 2.32. The molecule has 0 radical (unpaired) electrons. The van der Waals surface area contributed by atoms with Gasteiger partial charge < -0.3 is 9.15 Å². The molecule has 4 heteroatoms. The number of ether oxygens (including phenoxy) is 1. The lowest BCUT2D eigenvalue weighted by Gasteiger charge is -2.05. The lowest BCUT2D eigenvalue weighted by Crippen LogP contribution is -1.98. The van der Waals surface area contributed by atoms with Crippen molar-refractivity contribution < 1.29 is 9.15 Å². The van der Waals surface area contributed by atoms with E-state index in [1.165, 1.54) is 6.07 Å². The summed E-state index contributed by atoms with van der Waals surface area (Å²) in [5, 5.41) is 0.915. The normalized spacial score (nSPS) is 11.2. The van der Waals surface area contributed by atoms with Crippen LogP contribution in [-0.2, 0) is 0 Å². The van der Waals surface area contributed by atoms with Crippen LogP contribution in [0.15, 0.2) is 45.6 Å². The van der Waals surface area contributed by atoms with Crippen molar-refractivity contribution in [3.05, 3.63) is 52.4 Å². The smallest absolute Gasteiger partial charge is 0.336 e. The fourth-order valence-corrected chi connectivity index (χ4v) is 1.80. The molecule has 0 N–H and O–H groups in total. The molecular formula is C14H13ClO3. The largest absolute Gasteiger partial charge is 0.489 e. The van der Waals surface area contributed by atoms with Crippen molar-refractivity contribution in [2.75, 3.05) is 12.5 Å². The Kier molecular flexibility index (Phi) is 4.05. The zero-order valence-electron chi connectivity index (χ0n) is 9.98. The van der Waals surface area contributed by atoms with E-state index in [1.54, 1.807) is 6.07 Å². The predicted octanol–water partition coefficient (Wildman–Crippen LogP) is 3.28. The quantitative estimate of drug-likeness (QED) is 0.483. The van der Waals surface area contributed by atoms with Crippen molar-refractivity contribution in [2.24, 2.45) is 0 Å². The average Bonchev–Trinajstić information content (AvgIpc) is 2.34. The lowest BCUT2D eigenvalue weighted by atomic mass is 10.1. The lowest BCUT2D eigenvalue weighted by molar-refractivity contribution is 0.362. The molecule has 18 heavy (non-hydrogen) atoms. The SMILES string of the molecule is Cc1cc(=O)oc2cc(OCC=CCCl)ccc12. The molecule has 1 aromatic heterocycles. The number of fused-ring (bicyclic) bond motifs is 1. The summed E-state index contributed by atoms with van der Waals surface area (Å²) < 4.78 is 10.6. The third-order valence-corrected chi connectivity index (χ3v) is 2.70. The first-order chi connectivity index (χ1) is 8.70. The highest BCUT2D eigenvalue weighted by molar-refractivity contribution is 6.18. The van der Waals surface area contributed by atoms with Gasteiger partial charge in [-0.2, -0.15) is 0 Å². The molecule has 1 aromatic carbocycles. The Labute approximate surface area is 110 Å². The molecule has 0 unspecified atom stereocenters. The monoisotopic (exact) mass is 264 g/mol. The van der Waals surface area contributed by atoms with Gasteiger partial charge in [0.2, 0.25) is 0 Å². The van der Waals surface area contributed by atoms with Crippen LogP contribution >= 0.6 is 11.6 Å². The van der Waals surface area contributed by atoms with Crippen LogP contribution in [0.25, 0.3) is 11.0 Å². The van der Waals surface area contributed by atoms with Gasteiger partial charge in [0.25, 0.3) is 0 Å². The Morgan fingerprint density at radius 2 is 2.17 bits per heavy atom. The van der Waals surface area contributed by atoms with Crippen molar-refractivity contribution in [3.63, 3.8) is 0 Å². The summed E-state index contributed by atoms with van der Waals surface area (Å²) >= 11 is 5.50. The highest BCUT2D eigenvalue weighted by atomic mass is 35.5. The molecule has 0 saturated carbocycles. The Balaban J connectivity index is 2.27. The van der Waals surface area contributed by atoms with Crippen LogP contribution < -0.4 is 10.4 Å². The minimum absolute atomic E-state index is 0.348. The fraction of sp³-hybridized carbons (Fsp3) is 0.214. The van der Waals surface area contributed by atoms with Gasteiger partial charge in [0, 0.05) is 23.4 Å². The van der Waals surface area contributed by atoms with Crippen LogP contribution in [0.1, 0.15) is 5.56 Å². The zero-order valence-corrected chi connectivity index (χ0v) is 10.7. The molecule has 0 aliphatic heterocycles. The first-order valence-corrected chi connectivity index (χ1v) is 6.12. The summed E-state index contributed by atoms with van der Waals surface area (Å²) in [6.07, 6.45) is 3.65. The second-order valence-electron chi connectivity index (χ2n) is 3.84. The average molecular weight is 265 g/mol. The van der Waals surface area contributed by atoms with Crippen molar-refractivity contribution in [3.8, 4) is 5.75 Å². The van der Waals surface area contributed by atoms with Gasteiger partial charge in [0.15, 0.2) is 0 Å². The second kappa shape index (κ2) is 5.74. The van der Waals surface area contributed by atoms with Crippen LogP contribution in [0.3, 0.4) is 0 Å². The fourth-order valence-electron chi connectivity index (χ4n) is 1.67. The molecule has 0 aliphatic rings. The van der Waals surface area contributed by atoms with E-state index in [0.29, 0.717) is 23.8 Å². The molecule has 0 spiro atoms. The van der Waals surface area contributed by atoms with Crippen LogP contribution in [0.4, 0.5) is 0 Å². The standard InChI is InChI=1S/C14H13ClO3/c1-10-8-14(16)18-13-9-11(4-5-12(10)13)17-7-3-2-6-15/h2-5,8-9H,6-7H2,1H3. The molecule has 94 valence electrons. The number of hydrogen-bond donors (Lipinski definition) is 0. The molecule has 0 bridgehead atoms. The summed E-state index contributed by atoms with van der Waals surface area (Å²) in [5.74, 6) is 1.13. The van der Waals surface area contributed by atoms with Gasteiger partial charge in [0.05, 0.1) is 0 Å². The minimum atomic E-state index is -0.348. The molecular weight excluding hydrogens is 252 g/mol. The zero-order chi connectivity index (χ0) is 13.0. The van der Waals surface area contributed by atoms with Gasteiger partial charge in [-0.05, 0) is 24.6 Å². The van der Waals surface area contributed by atoms with E-state index >= 15 is 0 Å². The highest BCUT2D eigenvalue weighted by Crippen LogP contribution is 2.22. The maximum absolute atomic E-state index is 11.3. The van der Waals surface area contributed by atoms with Gasteiger partial charge in [-0.25, -0.2) is 4.79 Å². The van der Waals surface area contributed by atoms with Crippen LogP contribution in [-0.4, -0.2) is 12.5 Å². The molecule has 1 heterocycles. The van der Waals surface area contributed by atoms with Gasteiger partial charge in [-0.3, -0.25) is 0 Å². The molecule has 3 nitrogen and oxygen atoms in total. The van der Waals surface area contributed by atoms with Gasteiger partial charge in [-0.1, -0.05) is 12.2 Å².